The fraction of sp³-hybridized carbons (Fsp3) is 0.300. The van der Waals surface area contributed by atoms with Gasteiger partial charge in [-0.2, -0.15) is 0 Å². The van der Waals surface area contributed by atoms with Crippen molar-refractivity contribution in [3.05, 3.63) is 35.1 Å². The molecule has 0 aliphatic carbocycles. The normalized spacial score (nSPS) is 14.4. The Bertz CT molecular complexity index is 335. The third-order valence-corrected chi connectivity index (χ3v) is 2.44. The lowest BCUT2D eigenvalue weighted by Crippen LogP contribution is -2.21. The molecular weight excluding hydrogens is 228 g/mol. The minimum atomic E-state index is 0.874. The van der Waals surface area contributed by atoms with Gasteiger partial charge in [-0.3, -0.25) is 4.98 Å². The number of pyridine rings is 1. The van der Waals surface area contributed by atoms with Gasteiger partial charge < -0.3 is 4.90 Å². The molecule has 0 saturated heterocycles. The zero-order chi connectivity index (χ0) is 9.26. The fourth-order valence-electron chi connectivity index (χ4n) is 1.64. The Morgan fingerprint density at radius 3 is 3.31 bits per heavy atom. The molecule has 0 spiro atoms. The molecule has 0 atom stereocenters. The first kappa shape index (κ1) is 8.75. The number of hydrogen-bond donors (Lipinski definition) is 0. The van der Waals surface area contributed by atoms with Crippen LogP contribution in [0.4, 0.5) is 5.69 Å². The predicted octanol–water partition coefficient (Wildman–Crippen LogP) is 2.35. The molecule has 0 saturated carbocycles. The van der Waals surface area contributed by atoms with Crippen LogP contribution >= 0.6 is 15.9 Å². The summed E-state index contributed by atoms with van der Waals surface area (Å²) in [4.78, 5) is 6.62. The van der Waals surface area contributed by atoms with E-state index in [1.165, 1.54) is 11.4 Å². The highest BCUT2D eigenvalue weighted by Crippen LogP contribution is 2.26. The number of fused-ring (bicyclic) bond motifs is 1. The molecule has 0 unspecified atom stereocenters. The summed E-state index contributed by atoms with van der Waals surface area (Å²) in [5.41, 5.74) is 2.46. The number of halogens is 1. The van der Waals surface area contributed by atoms with Crippen LogP contribution in [0.5, 0.6) is 0 Å². The van der Waals surface area contributed by atoms with Gasteiger partial charge in [0, 0.05) is 30.2 Å². The van der Waals surface area contributed by atoms with Crippen LogP contribution in [0.15, 0.2) is 29.4 Å². The summed E-state index contributed by atoms with van der Waals surface area (Å²) in [7, 11) is 0. The van der Waals surface area contributed by atoms with E-state index in [-0.39, 0.29) is 0 Å². The molecule has 1 aromatic heterocycles. The van der Waals surface area contributed by atoms with E-state index in [1.807, 2.05) is 12.3 Å². The molecule has 1 aromatic rings. The van der Waals surface area contributed by atoms with E-state index >= 15 is 0 Å². The Morgan fingerprint density at radius 1 is 1.69 bits per heavy atom. The Hall–Kier alpha value is -0.830. The van der Waals surface area contributed by atoms with Gasteiger partial charge in [-0.15, -0.1) is 0 Å². The van der Waals surface area contributed by atoms with Crippen molar-refractivity contribution in [2.75, 3.05) is 18.0 Å². The third-order valence-electron chi connectivity index (χ3n) is 2.19. The summed E-state index contributed by atoms with van der Waals surface area (Å²) in [6, 6.07) is 4.10. The van der Waals surface area contributed by atoms with Gasteiger partial charge >= 0.3 is 0 Å². The highest BCUT2D eigenvalue weighted by molar-refractivity contribution is 9.11. The first-order chi connectivity index (χ1) is 6.27. The number of aromatic nitrogens is 1. The SMILES string of the molecule is C=C(Br)CN1CCc2ncccc21. The molecule has 0 fully saturated rings. The summed E-state index contributed by atoms with van der Waals surface area (Å²) >= 11 is 3.38. The maximum absolute atomic E-state index is 4.33. The zero-order valence-electron chi connectivity index (χ0n) is 7.33. The minimum Gasteiger partial charge on any atom is -0.365 e. The Morgan fingerprint density at radius 2 is 2.54 bits per heavy atom. The van der Waals surface area contributed by atoms with Crippen LogP contribution < -0.4 is 4.90 Å². The van der Waals surface area contributed by atoms with Crippen molar-refractivity contribution in [1.29, 1.82) is 0 Å². The lowest BCUT2D eigenvalue weighted by Gasteiger charge is -2.17. The van der Waals surface area contributed by atoms with Crippen LogP contribution in [0.3, 0.4) is 0 Å². The number of anilines is 1. The van der Waals surface area contributed by atoms with Crippen LogP contribution in [-0.4, -0.2) is 18.1 Å². The summed E-state index contributed by atoms with van der Waals surface area (Å²) in [6.45, 7) is 5.77. The van der Waals surface area contributed by atoms with Crippen molar-refractivity contribution in [2.24, 2.45) is 0 Å². The van der Waals surface area contributed by atoms with Crippen molar-refractivity contribution >= 4 is 21.6 Å². The fourth-order valence-corrected chi connectivity index (χ4v) is 1.95. The summed E-state index contributed by atoms with van der Waals surface area (Å²) in [6.07, 6.45) is 2.90. The van der Waals surface area contributed by atoms with Gasteiger partial charge in [0.1, 0.15) is 0 Å². The molecule has 0 N–H and O–H groups in total. The second-order valence-corrected chi connectivity index (χ2v) is 4.28. The van der Waals surface area contributed by atoms with Gasteiger partial charge in [-0.1, -0.05) is 22.5 Å². The number of hydrogen-bond acceptors (Lipinski definition) is 2. The molecule has 0 bridgehead atoms. The van der Waals surface area contributed by atoms with E-state index in [2.05, 4.69) is 38.5 Å². The minimum absolute atomic E-state index is 0.874. The molecule has 3 heteroatoms. The van der Waals surface area contributed by atoms with Crippen molar-refractivity contribution in [2.45, 2.75) is 6.42 Å². The van der Waals surface area contributed by atoms with E-state index in [9.17, 15) is 0 Å². The Balaban J connectivity index is 2.23. The molecule has 1 aliphatic heterocycles. The van der Waals surface area contributed by atoms with E-state index in [0.717, 1.165) is 24.0 Å². The highest BCUT2D eigenvalue weighted by Gasteiger charge is 2.18. The van der Waals surface area contributed by atoms with Crippen molar-refractivity contribution in [3.8, 4) is 0 Å². The maximum atomic E-state index is 4.33. The molecule has 0 amide bonds. The van der Waals surface area contributed by atoms with Gasteiger partial charge in [0.25, 0.3) is 0 Å². The van der Waals surface area contributed by atoms with E-state index in [4.69, 9.17) is 0 Å². The molecule has 13 heavy (non-hydrogen) atoms. The lowest BCUT2D eigenvalue weighted by molar-refractivity contribution is 0.895. The monoisotopic (exact) mass is 238 g/mol. The average Bonchev–Trinajstić information content (AvgIpc) is 2.48. The summed E-state index contributed by atoms with van der Waals surface area (Å²) in [5.74, 6) is 0. The molecule has 0 aromatic carbocycles. The van der Waals surface area contributed by atoms with Gasteiger partial charge in [0.15, 0.2) is 0 Å². The van der Waals surface area contributed by atoms with Gasteiger partial charge in [0.2, 0.25) is 0 Å². The second kappa shape index (κ2) is 3.50. The lowest BCUT2D eigenvalue weighted by atomic mass is 10.3. The molecular formula is C10H11BrN2. The third kappa shape index (κ3) is 1.75. The second-order valence-electron chi connectivity index (χ2n) is 3.16. The number of rotatable bonds is 2. The van der Waals surface area contributed by atoms with Crippen LogP contribution in [0.1, 0.15) is 5.69 Å². The standard InChI is InChI=1S/C10H11BrN2/c1-8(11)7-13-6-4-9-10(13)3-2-5-12-9/h2-3,5H,1,4,6-7H2. The first-order valence-corrected chi connectivity index (χ1v) is 5.09. The topological polar surface area (TPSA) is 16.1 Å². The first-order valence-electron chi connectivity index (χ1n) is 4.29. The van der Waals surface area contributed by atoms with E-state index in [1.54, 1.807) is 0 Å². The maximum Gasteiger partial charge on any atom is 0.0654 e. The van der Waals surface area contributed by atoms with Crippen LogP contribution in [-0.2, 0) is 6.42 Å². The smallest absolute Gasteiger partial charge is 0.0654 e. The van der Waals surface area contributed by atoms with Gasteiger partial charge in [-0.05, 0) is 12.1 Å². The largest absolute Gasteiger partial charge is 0.365 e. The molecule has 68 valence electrons. The van der Waals surface area contributed by atoms with E-state index in [0.29, 0.717) is 0 Å². The Labute approximate surface area is 86.4 Å². The Kier molecular flexibility index (Phi) is 2.36. The quantitative estimate of drug-likeness (QED) is 0.787. The van der Waals surface area contributed by atoms with Crippen LogP contribution in [0, 0.1) is 0 Å². The summed E-state index contributed by atoms with van der Waals surface area (Å²) in [5, 5.41) is 0. The highest BCUT2D eigenvalue weighted by atomic mass is 79.9. The van der Waals surface area contributed by atoms with Gasteiger partial charge in [-0.25, -0.2) is 0 Å². The number of nitrogens with zero attached hydrogens (tertiary/aromatic N) is 2. The summed E-state index contributed by atoms with van der Waals surface area (Å²) < 4.78 is 1.02. The van der Waals surface area contributed by atoms with Crippen LogP contribution in [0.2, 0.25) is 0 Å². The van der Waals surface area contributed by atoms with Crippen LogP contribution in [0.25, 0.3) is 0 Å². The van der Waals surface area contributed by atoms with Crippen molar-refractivity contribution in [1.82, 2.24) is 4.98 Å². The van der Waals surface area contributed by atoms with Crippen molar-refractivity contribution < 1.29 is 0 Å². The molecule has 2 rings (SSSR count). The molecule has 1 aliphatic rings. The predicted molar refractivity (Wildman–Crippen MR) is 58.2 cm³/mol. The molecule has 2 heterocycles. The van der Waals surface area contributed by atoms with Crippen molar-refractivity contribution in [3.63, 3.8) is 0 Å². The zero-order valence-corrected chi connectivity index (χ0v) is 8.92. The van der Waals surface area contributed by atoms with Gasteiger partial charge in [0.05, 0.1) is 11.4 Å². The molecule has 2 nitrogen and oxygen atoms in total. The average molecular weight is 239 g/mol. The molecule has 0 radical (unpaired) electrons. The van der Waals surface area contributed by atoms with E-state index < -0.39 is 0 Å².